The van der Waals surface area contributed by atoms with Crippen LogP contribution in [0, 0.1) is 11.3 Å². The maximum absolute atomic E-state index is 13.6. The van der Waals surface area contributed by atoms with E-state index < -0.39 is 23.4 Å². The molecule has 3 N–H and O–H groups in total. The van der Waals surface area contributed by atoms with Gasteiger partial charge in [-0.25, -0.2) is 14.4 Å². The summed E-state index contributed by atoms with van der Waals surface area (Å²) in [4.78, 5) is 41.6. The number of nitrogens with two attached hydrogens (primary N) is 1. The number of anilines is 1. The Morgan fingerprint density at radius 2 is 1.91 bits per heavy atom. The number of nitrogens with one attached hydrogen (secondary N) is 1. The lowest BCUT2D eigenvalue weighted by atomic mass is 9.67. The van der Waals surface area contributed by atoms with Gasteiger partial charge in [-0.05, 0) is 63.2 Å². The summed E-state index contributed by atoms with van der Waals surface area (Å²) in [6.45, 7) is 4.78. The van der Waals surface area contributed by atoms with Crippen molar-refractivity contribution in [1.29, 1.82) is 0 Å². The van der Waals surface area contributed by atoms with Crippen LogP contribution in [0.1, 0.15) is 44.6 Å². The highest BCUT2D eigenvalue weighted by Gasteiger charge is 2.52. The first kappa shape index (κ1) is 23.8. The van der Waals surface area contributed by atoms with Crippen LogP contribution in [0.5, 0.6) is 5.75 Å². The summed E-state index contributed by atoms with van der Waals surface area (Å²) < 4.78 is 10.4. The van der Waals surface area contributed by atoms with E-state index in [0.29, 0.717) is 18.2 Å². The van der Waals surface area contributed by atoms with Gasteiger partial charge >= 0.3 is 18.0 Å². The number of rotatable bonds is 4. The van der Waals surface area contributed by atoms with E-state index >= 15 is 0 Å². The van der Waals surface area contributed by atoms with Gasteiger partial charge in [-0.15, -0.1) is 0 Å². The molecule has 6 rings (SSSR count). The number of primary amides is 1. The second-order valence-electron chi connectivity index (χ2n) is 10.9. The van der Waals surface area contributed by atoms with Crippen LogP contribution >= 0.6 is 0 Å². The van der Waals surface area contributed by atoms with Gasteiger partial charge in [-0.1, -0.05) is 13.0 Å². The van der Waals surface area contributed by atoms with Gasteiger partial charge in [-0.3, -0.25) is 4.90 Å². The smallest absolute Gasteiger partial charge is 0.412 e. The van der Waals surface area contributed by atoms with Gasteiger partial charge in [0, 0.05) is 48.8 Å². The fraction of sp³-hybridized carbons (Fsp3) is 0.577. The van der Waals surface area contributed by atoms with Crippen LogP contribution in [0.3, 0.4) is 0 Å². The SMILES string of the molecule is CN1CCC2(C)c3ccc(OC(=O)/C(=C/C(=O)OC(N)=O)C45CCC(CC4)CNC5)cc3N(C)C12. The van der Waals surface area contributed by atoms with Gasteiger partial charge in [0.2, 0.25) is 0 Å². The zero-order valence-electron chi connectivity index (χ0n) is 20.6. The zero-order chi connectivity index (χ0) is 25.0. The monoisotopic (exact) mass is 482 g/mol. The van der Waals surface area contributed by atoms with Crippen LogP contribution in [0.25, 0.3) is 0 Å². The number of esters is 2. The Balaban J connectivity index is 1.44. The van der Waals surface area contributed by atoms with Crippen molar-refractivity contribution in [2.75, 3.05) is 38.6 Å². The van der Waals surface area contributed by atoms with Crippen LogP contribution in [-0.4, -0.2) is 62.8 Å². The van der Waals surface area contributed by atoms with Gasteiger partial charge < -0.3 is 25.4 Å². The molecular formula is C26H34N4O5. The van der Waals surface area contributed by atoms with E-state index in [1.165, 1.54) is 5.56 Å². The zero-order valence-corrected chi connectivity index (χ0v) is 20.6. The van der Waals surface area contributed by atoms with Gasteiger partial charge in [-0.2, -0.15) is 0 Å². The Morgan fingerprint density at radius 3 is 2.63 bits per heavy atom. The topological polar surface area (TPSA) is 114 Å². The van der Waals surface area contributed by atoms with E-state index in [-0.39, 0.29) is 17.2 Å². The number of nitrogens with zero attached hydrogens (tertiary/aromatic N) is 2. The first-order valence-corrected chi connectivity index (χ1v) is 12.4. The van der Waals surface area contributed by atoms with E-state index in [1.807, 2.05) is 12.1 Å². The van der Waals surface area contributed by atoms with Crippen molar-refractivity contribution in [3.63, 3.8) is 0 Å². The molecule has 188 valence electrons. The quantitative estimate of drug-likeness (QED) is 0.291. The van der Waals surface area contributed by atoms with Crippen LogP contribution in [0.4, 0.5) is 10.5 Å². The molecule has 1 aromatic rings. The molecule has 4 heterocycles. The van der Waals surface area contributed by atoms with Gasteiger partial charge in [0.15, 0.2) is 0 Å². The van der Waals surface area contributed by atoms with E-state index in [4.69, 9.17) is 10.5 Å². The predicted octanol–water partition coefficient (Wildman–Crippen LogP) is 2.29. The summed E-state index contributed by atoms with van der Waals surface area (Å²) >= 11 is 0. The number of hydrogen-bond acceptors (Lipinski definition) is 8. The molecule has 0 radical (unpaired) electrons. The van der Waals surface area contributed by atoms with Crippen molar-refractivity contribution in [3.05, 3.63) is 35.4 Å². The molecule has 0 aromatic heterocycles. The summed E-state index contributed by atoms with van der Waals surface area (Å²) in [5, 5.41) is 3.43. The average molecular weight is 483 g/mol. The second-order valence-corrected chi connectivity index (χ2v) is 10.9. The molecule has 4 fully saturated rings. The highest BCUT2D eigenvalue weighted by Crippen LogP contribution is 2.52. The minimum absolute atomic E-state index is 0.0224. The highest BCUT2D eigenvalue weighted by atomic mass is 16.6. The number of hydrogen-bond donors (Lipinski definition) is 2. The van der Waals surface area contributed by atoms with E-state index in [9.17, 15) is 14.4 Å². The van der Waals surface area contributed by atoms with Crippen molar-refractivity contribution in [3.8, 4) is 5.75 Å². The van der Waals surface area contributed by atoms with Gasteiger partial charge in [0.25, 0.3) is 0 Å². The Morgan fingerprint density at radius 1 is 1.17 bits per heavy atom. The normalized spacial score (nSPS) is 32.1. The minimum Gasteiger partial charge on any atom is -0.423 e. The van der Waals surface area contributed by atoms with Crippen molar-refractivity contribution < 1.29 is 23.9 Å². The molecule has 1 aromatic carbocycles. The van der Waals surface area contributed by atoms with Crippen LogP contribution < -0.4 is 20.7 Å². The molecule has 2 atom stereocenters. The summed E-state index contributed by atoms with van der Waals surface area (Å²) in [7, 11) is 4.21. The first-order valence-electron chi connectivity index (χ1n) is 12.4. The Bertz CT molecular complexity index is 1090. The molecule has 1 amide bonds. The fourth-order valence-electron chi connectivity index (χ4n) is 6.95. The molecule has 4 aliphatic heterocycles. The Kier molecular flexibility index (Phi) is 5.88. The molecule has 0 spiro atoms. The molecule has 2 bridgehead atoms. The molecule has 1 saturated carbocycles. The standard InChI is InChI=1S/C26H34N4O5/c1-25-10-11-29(2)23(25)30(3)20-12-17(4-5-18(20)25)34-22(32)19(13-21(31)35-24(27)33)26-8-6-16(7-9-26)14-28-15-26/h4-5,12-13,16,23,28H,6-11,14-15H2,1-3H3,(H2,27,33)/b19-13-. The third kappa shape index (κ3) is 4.00. The molecule has 3 saturated heterocycles. The first-order chi connectivity index (χ1) is 16.6. The van der Waals surface area contributed by atoms with Crippen LogP contribution in [0.2, 0.25) is 0 Å². The summed E-state index contributed by atoms with van der Waals surface area (Å²) in [6.07, 6.45) is 4.65. The van der Waals surface area contributed by atoms with Crippen molar-refractivity contribution >= 4 is 23.7 Å². The summed E-state index contributed by atoms with van der Waals surface area (Å²) in [5.74, 6) is -0.570. The molecule has 2 unspecified atom stereocenters. The number of fused-ring (bicyclic) bond motifs is 7. The number of carbonyl (C=O) groups excluding carboxylic acids is 3. The number of likely N-dealkylation sites (N-methyl/N-ethyl adjacent to an activating group) is 2. The van der Waals surface area contributed by atoms with Crippen molar-refractivity contribution in [2.45, 2.75) is 50.6 Å². The number of likely N-dealkylation sites (tertiary alicyclic amines) is 1. The van der Waals surface area contributed by atoms with Crippen LogP contribution in [-0.2, 0) is 19.7 Å². The second kappa shape index (κ2) is 8.64. The molecule has 9 heteroatoms. The lowest BCUT2D eigenvalue weighted by molar-refractivity contribution is -0.135. The molecule has 1 aliphatic carbocycles. The predicted molar refractivity (Wildman–Crippen MR) is 130 cm³/mol. The highest BCUT2D eigenvalue weighted by molar-refractivity contribution is 6.01. The molecule has 9 nitrogen and oxygen atoms in total. The lowest BCUT2D eigenvalue weighted by Crippen LogP contribution is -2.45. The van der Waals surface area contributed by atoms with Crippen molar-refractivity contribution in [1.82, 2.24) is 10.2 Å². The van der Waals surface area contributed by atoms with Crippen molar-refractivity contribution in [2.24, 2.45) is 17.1 Å². The maximum Gasteiger partial charge on any atom is 0.412 e. The van der Waals surface area contributed by atoms with E-state index in [1.54, 1.807) is 0 Å². The Hall–Kier alpha value is -2.91. The number of ether oxygens (including phenoxy) is 2. The minimum atomic E-state index is -1.20. The third-order valence-electron chi connectivity index (χ3n) is 8.73. The fourth-order valence-corrected chi connectivity index (χ4v) is 6.95. The van der Waals surface area contributed by atoms with Gasteiger partial charge in [0.05, 0.1) is 11.7 Å². The Labute approximate surface area is 205 Å². The van der Waals surface area contributed by atoms with E-state index in [2.05, 4.69) is 46.9 Å². The van der Waals surface area contributed by atoms with Crippen LogP contribution in [0.15, 0.2) is 29.8 Å². The third-order valence-corrected chi connectivity index (χ3v) is 8.73. The molecular weight excluding hydrogens is 448 g/mol. The number of benzene rings is 1. The lowest BCUT2D eigenvalue weighted by Gasteiger charge is -2.37. The summed E-state index contributed by atoms with van der Waals surface area (Å²) in [6, 6.07) is 5.79. The summed E-state index contributed by atoms with van der Waals surface area (Å²) in [5.41, 5.74) is 7.01. The average Bonchev–Trinajstić information content (AvgIpc) is 3.03. The number of carbonyl (C=O) groups is 3. The maximum atomic E-state index is 13.6. The van der Waals surface area contributed by atoms with Gasteiger partial charge in [0.1, 0.15) is 5.75 Å². The number of amides is 1. The van der Waals surface area contributed by atoms with E-state index in [0.717, 1.165) is 57.0 Å². The molecule has 35 heavy (non-hydrogen) atoms. The largest absolute Gasteiger partial charge is 0.423 e. The molecule has 5 aliphatic rings.